The van der Waals surface area contributed by atoms with Gasteiger partial charge in [0.25, 0.3) is 0 Å². The van der Waals surface area contributed by atoms with E-state index in [-0.39, 0.29) is 12.6 Å². The second-order valence-electron chi connectivity index (χ2n) is 3.84. The van der Waals surface area contributed by atoms with E-state index in [0.29, 0.717) is 6.54 Å². The molecule has 96 valence electrons. The lowest BCUT2D eigenvalue weighted by atomic mass is 10.3. The van der Waals surface area contributed by atoms with E-state index in [1.807, 2.05) is 13.8 Å². The molecule has 0 spiro atoms. The molecule has 0 aromatic heterocycles. The molecule has 0 aliphatic heterocycles. The summed E-state index contributed by atoms with van der Waals surface area (Å²) in [5, 5.41) is 0. The number of hydrogen-bond acceptors (Lipinski definition) is 4. The number of sulfonamides is 1. The van der Waals surface area contributed by atoms with Crippen LogP contribution in [0.4, 0.5) is 4.79 Å². The molecule has 0 unspecified atom stereocenters. The molecular formula is C9H20N2O4S. The fourth-order valence-electron chi connectivity index (χ4n) is 1.09. The Kier molecular flexibility index (Phi) is 5.74. The van der Waals surface area contributed by atoms with Crippen LogP contribution >= 0.6 is 0 Å². The number of amides is 1. The van der Waals surface area contributed by atoms with Crippen molar-refractivity contribution in [1.82, 2.24) is 9.21 Å². The van der Waals surface area contributed by atoms with Gasteiger partial charge in [0, 0.05) is 26.2 Å². The molecule has 0 bridgehead atoms. The summed E-state index contributed by atoms with van der Waals surface area (Å²) in [6.07, 6.45) is 0.683. The Morgan fingerprint density at radius 1 is 1.31 bits per heavy atom. The highest BCUT2D eigenvalue weighted by Gasteiger charge is 2.19. The van der Waals surface area contributed by atoms with Crippen molar-refractivity contribution in [3.05, 3.63) is 0 Å². The van der Waals surface area contributed by atoms with Crippen molar-refractivity contribution in [2.75, 3.05) is 33.5 Å². The van der Waals surface area contributed by atoms with Crippen LogP contribution in [0.5, 0.6) is 0 Å². The summed E-state index contributed by atoms with van der Waals surface area (Å²) in [6, 6.07) is -0.0274. The predicted molar refractivity (Wildman–Crippen MR) is 61.7 cm³/mol. The second kappa shape index (κ2) is 6.05. The van der Waals surface area contributed by atoms with Crippen molar-refractivity contribution in [3.8, 4) is 0 Å². The highest BCUT2D eigenvalue weighted by Crippen LogP contribution is 2.02. The molecule has 1 amide bonds. The molecule has 0 radical (unpaired) electrons. The van der Waals surface area contributed by atoms with Gasteiger partial charge in [0.1, 0.15) is 0 Å². The highest BCUT2D eigenvalue weighted by molar-refractivity contribution is 7.88. The summed E-state index contributed by atoms with van der Waals surface area (Å²) >= 11 is 0. The lowest BCUT2D eigenvalue weighted by molar-refractivity contribution is 0.110. The van der Waals surface area contributed by atoms with Gasteiger partial charge in [-0.1, -0.05) is 0 Å². The number of carbonyl (C=O) groups is 1. The fourth-order valence-corrected chi connectivity index (χ4v) is 1.51. The summed E-state index contributed by atoms with van der Waals surface area (Å²) < 4.78 is 28.1. The minimum Gasteiger partial charge on any atom is -0.453 e. The van der Waals surface area contributed by atoms with Gasteiger partial charge in [-0.2, -0.15) is 0 Å². The molecule has 0 aliphatic rings. The first-order valence-electron chi connectivity index (χ1n) is 4.96. The molecule has 0 aromatic carbocycles. The molecule has 0 saturated heterocycles. The SMILES string of the molecule is COC(=O)N(CCN(C)S(C)(=O)=O)C(C)C. The number of ether oxygens (including phenoxy) is 1. The van der Waals surface area contributed by atoms with Crippen LogP contribution in [0, 0.1) is 0 Å². The third-order valence-electron chi connectivity index (χ3n) is 2.25. The number of hydrogen-bond donors (Lipinski definition) is 0. The van der Waals surface area contributed by atoms with Gasteiger partial charge < -0.3 is 9.64 Å². The molecule has 0 aliphatic carbocycles. The van der Waals surface area contributed by atoms with E-state index in [2.05, 4.69) is 4.74 Å². The van der Waals surface area contributed by atoms with Crippen LogP contribution in [0.3, 0.4) is 0 Å². The van der Waals surface area contributed by atoms with Crippen LogP contribution in [-0.2, 0) is 14.8 Å². The zero-order chi connectivity index (χ0) is 12.9. The van der Waals surface area contributed by atoms with Crippen molar-refractivity contribution in [3.63, 3.8) is 0 Å². The molecule has 0 aromatic rings. The lowest BCUT2D eigenvalue weighted by Crippen LogP contribution is -2.42. The smallest absolute Gasteiger partial charge is 0.409 e. The predicted octanol–water partition coefficient (Wildman–Crippen LogP) is 0.355. The first-order chi connectivity index (χ1) is 7.20. The van der Waals surface area contributed by atoms with Crippen LogP contribution in [0.25, 0.3) is 0 Å². The van der Waals surface area contributed by atoms with Gasteiger partial charge in [-0.25, -0.2) is 17.5 Å². The highest BCUT2D eigenvalue weighted by atomic mass is 32.2. The minimum absolute atomic E-state index is 0.0274. The van der Waals surface area contributed by atoms with E-state index in [1.54, 1.807) is 0 Å². The minimum atomic E-state index is -3.20. The van der Waals surface area contributed by atoms with E-state index < -0.39 is 16.1 Å². The third-order valence-corrected chi connectivity index (χ3v) is 3.57. The van der Waals surface area contributed by atoms with Crippen LogP contribution in [0.15, 0.2) is 0 Å². The molecule has 0 atom stereocenters. The van der Waals surface area contributed by atoms with E-state index in [4.69, 9.17) is 0 Å². The molecule has 0 saturated carbocycles. The van der Waals surface area contributed by atoms with Crippen LogP contribution in [0.1, 0.15) is 13.8 Å². The van der Waals surface area contributed by atoms with Crippen molar-refractivity contribution < 1.29 is 17.9 Å². The van der Waals surface area contributed by atoms with E-state index in [0.717, 1.165) is 6.26 Å². The van der Waals surface area contributed by atoms with Gasteiger partial charge in [0.2, 0.25) is 10.0 Å². The van der Waals surface area contributed by atoms with Gasteiger partial charge in [-0.3, -0.25) is 0 Å². The molecular weight excluding hydrogens is 232 g/mol. The topological polar surface area (TPSA) is 66.9 Å². The number of rotatable bonds is 5. The van der Waals surface area contributed by atoms with Gasteiger partial charge in [0.05, 0.1) is 13.4 Å². The van der Waals surface area contributed by atoms with E-state index in [9.17, 15) is 13.2 Å². The fraction of sp³-hybridized carbons (Fsp3) is 0.889. The molecule has 7 heteroatoms. The van der Waals surface area contributed by atoms with Crippen LogP contribution in [0.2, 0.25) is 0 Å². The average Bonchev–Trinajstić information content (AvgIpc) is 2.15. The summed E-state index contributed by atoms with van der Waals surface area (Å²) in [5.41, 5.74) is 0. The second-order valence-corrected chi connectivity index (χ2v) is 5.93. The Morgan fingerprint density at radius 2 is 1.81 bits per heavy atom. The van der Waals surface area contributed by atoms with Crippen molar-refractivity contribution in [2.24, 2.45) is 0 Å². The zero-order valence-electron chi connectivity index (χ0n) is 10.4. The Balaban J connectivity index is 4.40. The Labute approximate surface area is 97.2 Å². The molecule has 0 N–H and O–H groups in total. The van der Waals surface area contributed by atoms with E-state index in [1.165, 1.54) is 23.4 Å². The van der Waals surface area contributed by atoms with Crippen molar-refractivity contribution in [1.29, 1.82) is 0 Å². The monoisotopic (exact) mass is 252 g/mol. The summed E-state index contributed by atoms with van der Waals surface area (Å²) in [6.45, 7) is 4.26. The number of methoxy groups -OCH3 is 1. The lowest BCUT2D eigenvalue weighted by Gasteiger charge is -2.26. The molecule has 0 heterocycles. The summed E-state index contributed by atoms with van der Waals surface area (Å²) in [7, 11) is -0.421. The summed E-state index contributed by atoms with van der Waals surface area (Å²) in [4.78, 5) is 12.8. The molecule has 0 rings (SSSR count). The Bertz CT molecular complexity index is 326. The van der Waals surface area contributed by atoms with E-state index >= 15 is 0 Å². The maximum atomic E-state index is 11.4. The van der Waals surface area contributed by atoms with Crippen LogP contribution in [-0.4, -0.2) is 63.3 Å². The number of likely N-dealkylation sites (N-methyl/N-ethyl adjacent to an activating group) is 1. The standard InChI is InChI=1S/C9H20N2O4S/c1-8(2)11(9(12)15-4)7-6-10(3)16(5,13)14/h8H,6-7H2,1-5H3. The van der Waals surface area contributed by atoms with Gasteiger partial charge in [0.15, 0.2) is 0 Å². The molecule has 0 fully saturated rings. The quantitative estimate of drug-likeness (QED) is 0.708. The summed E-state index contributed by atoms with van der Waals surface area (Å²) in [5.74, 6) is 0. The maximum absolute atomic E-state index is 11.4. The van der Waals surface area contributed by atoms with Crippen molar-refractivity contribution in [2.45, 2.75) is 19.9 Å². The largest absolute Gasteiger partial charge is 0.453 e. The van der Waals surface area contributed by atoms with Crippen LogP contribution < -0.4 is 0 Å². The van der Waals surface area contributed by atoms with Gasteiger partial charge >= 0.3 is 6.09 Å². The average molecular weight is 252 g/mol. The maximum Gasteiger partial charge on any atom is 0.409 e. The normalized spacial score (nSPS) is 11.9. The number of nitrogens with zero attached hydrogens (tertiary/aromatic N) is 2. The van der Waals surface area contributed by atoms with Gasteiger partial charge in [-0.15, -0.1) is 0 Å². The first-order valence-corrected chi connectivity index (χ1v) is 6.81. The van der Waals surface area contributed by atoms with Crippen molar-refractivity contribution >= 4 is 16.1 Å². The first kappa shape index (κ1) is 15.2. The third kappa shape index (κ3) is 4.80. The zero-order valence-corrected chi connectivity index (χ0v) is 11.2. The molecule has 6 nitrogen and oxygen atoms in total. The van der Waals surface area contributed by atoms with Gasteiger partial charge in [-0.05, 0) is 13.8 Å². The molecule has 16 heavy (non-hydrogen) atoms. The Hall–Kier alpha value is -0.820. The Morgan fingerprint density at radius 3 is 2.12 bits per heavy atom. The number of carbonyl (C=O) groups excluding carboxylic acids is 1.